The molecule has 1 atom stereocenters. The van der Waals surface area contributed by atoms with Crippen molar-refractivity contribution in [1.29, 1.82) is 0 Å². The number of carboxylic acid groups (broad SMARTS) is 1. The van der Waals surface area contributed by atoms with Gasteiger partial charge < -0.3 is 10.4 Å². The lowest BCUT2D eigenvalue weighted by atomic mass is 10.2. The third-order valence-corrected chi connectivity index (χ3v) is 2.10. The standard InChI is InChI=1S/C10H15N3O3/c1-8(10(15)16)12-9(14)4-2-6-13-7-3-5-11-13/h3,5,7-8H,2,4,6H2,1H3,(H,12,14)(H,15,16). The van der Waals surface area contributed by atoms with Gasteiger partial charge in [-0.05, 0) is 19.4 Å². The van der Waals surface area contributed by atoms with Crippen LogP contribution in [0.3, 0.4) is 0 Å². The number of carbonyl (C=O) groups excluding carboxylic acids is 1. The van der Waals surface area contributed by atoms with Crippen molar-refractivity contribution < 1.29 is 14.7 Å². The zero-order valence-corrected chi connectivity index (χ0v) is 9.09. The third-order valence-electron chi connectivity index (χ3n) is 2.10. The number of aromatic nitrogens is 2. The molecule has 0 saturated heterocycles. The number of rotatable bonds is 6. The lowest BCUT2D eigenvalue weighted by Crippen LogP contribution is -2.38. The molecule has 88 valence electrons. The summed E-state index contributed by atoms with van der Waals surface area (Å²) >= 11 is 0. The van der Waals surface area contributed by atoms with Crippen LogP contribution in [0.4, 0.5) is 0 Å². The van der Waals surface area contributed by atoms with Crippen LogP contribution in [0.25, 0.3) is 0 Å². The van der Waals surface area contributed by atoms with Gasteiger partial charge in [-0.25, -0.2) is 0 Å². The van der Waals surface area contributed by atoms with Crippen molar-refractivity contribution in [3.05, 3.63) is 18.5 Å². The van der Waals surface area contributed by atoms with Crippen LogP contribution in [0.15, 0.2) is 18.5 Å². The van der Waals surface area contributed by atoms with Crippen LogP contribution in [0.5, 0.6) is 0 Å². The molecule has 0 aliphatic heterocycles. The van der Waals surface area contributed by atoms with E-state index in [1.54, 1.807) is 10.9 Å². The van der Waals surface area contributed by atoms with Crippen LogP contribution in [0.1, 0.15) is 19.8 Å². The second kappa shape index (κ2) is 5.89. The predicted molar refractivity (Wildman–Crippen MR) is 56.7 cm³/mol. The minimum absolute atomic E-state index is 0.248. The molecule has 2 N–H and O–H groups in total. The molecule has 6 nitrogen and oxygen atoms in total. The molecule has 16 heavy (non-hydrogen) atoms. The molecule has 0 spiro atoms. The van der Waals surface area contributed by atoms with E-state index in [4.69, 9.17) is 5.11 Å². The molecule has 1 aromatic heterocycles. The molecule has 0 bridgehead atoms. The van der Waals surface area contributed by atoms with Crippen molar-refractivity contribution in [2.75, 3.05) is 0 Å². The number of nitrogens with zero attached hydrogens (tertiary/aromatic N) is 2. The molecule has 0 saturated carbocycles. The van der Waals surface area contributed by atoms with E-state index in [1.165, 1.54) is 6.92 Å². The Morgan fingerprint density at radius 1 is 1.56 bits per heavy atom. The normalized spacial score (nSPS) is 12.1. The van der Waals surface area contributed by atoms with E-state index in [0.717, 1.165) is 0 Å². The highest BCUT2D eigenvalue weighted by Gasteiger charge is 2.13. The monoisotopic (exact) mass is 225 g/mol. The maximum Gasteiger partial charge on any atom is 0.325 e. The summed E-state index contributed by atoms with van der Waals surface area (Å²) in [4.78, 5) is 21.7. The Morgan fingerprint density at radius 2 is 2.31 bits per heavy atom. The number of hydrogen-bond donors (Lipinski definition) is 2. The Kier molecular flexibility index (Phi) is 4.50. The number of amides is 1. The van der Waals surface area contributed by atoms with Gasteiger partial charge in [0.1, 0.15) is 6.04 Å². The van der Waals surface area contributed by atoms with E-state index in [-0.39, 0.29) is 5.91 Å². The molecule has 6 heteroatoms. The van der Waals surface area contributed by atoms with E-state index in [0.29, 0.717) is 19.4 Å². The minimum Gasteiger partial charge on any atom is -0.480 e. The highest BCUT2D eigenvalue weighted by Crippen LogP contribution is 1.95. The highest BCUT2D eigenvalue weighted by molar-refractivity contribution is 5.83. The summed E-state index contributed by atoms with van der Waals surface area (Å²) in [5, 5.41) is 15.0. The van der Waals surface area contributed by atoms with E-state index in [2.05, 4.69) is 10.4 Å². The Balaban J connectivity index is 2.18. The van der Waals surface area contributed by atoms with Crippen LogP contribution < -0.4 is 5.32 Å². The molecule has 1 amide bonds. The first-order valence-electron chi connectivity index (χ1n) is 5.09. The van der Waals surface area contributed by atoms with Crippen LogP contribution in [-0.2, 0) is 16.1 Å². The van der Waals surface area contributed by atoms with Gasteiger partial charge in [0.15, 0.2) is 0 Å². The molecule has 0 radical (unpaired) electrons. The highest BCUT2D eigenvalue weighted by atomic mass is 16.4. The predicted octanol–water partition coefficient (Wildman–Crippen LogP) is 0.253. The van der Waals surface area contributed by atoms with Crippen molar-refractivity contribution in [2.24, 2.45) is 0 Å². The van der Waals surface area contributed by atoms with Gasteiger partial charge in [-0.1, -0.05) is 0 Å². The second-order valence-corrected chi connectivity index (χ2v) is 3.50. The van der Waals surface area contributed by atoms with Gasteiger partial charge in [-0.15, -0.1) is 0 Å². The Labute approximate surface area is 93.3 Å². The van der Waals surface area contributed by atoms with Crippen LogP contribution in [0, 0.1) is 0 Å². The van der Waals surface area contributed by atoms with Gasteiger partial charge in [0.2, 0.25) is 5.91 Å². The quantitative estimate of drug-likeness (QED) is 0.727. The lowest BCUT2D eigenvalue weighted by Gasteiger charge is -2.08. The molecule has 0 aliphatic rings. The van der Waals surface area contributed by atoms with Gasteiger partial charge in [-0.3, -0.25) is 14.3 Å². The summed E-state index contributed by atoms with van der Waals surface area (Å²) in [5.74, 6) is -1.28. The molecule has 1 aromatic rings. The molecule has 1 unspecified atom stereocenters. The van der Waals surface area contributed by atoms with Gasteiger partial charge in [0.25, 0.3) is 0 Å². The van der Waals surface area contributed by atoms with E-state index in [9.17, 15) is 9.59 Å². The largest absolute Gasteiger partial charge is 0.480 e. The molecule has 0 aromatic carbocycles. The molecule has 1 heterocycles. The van der Waals surface area contributed by atoms with Gasteiger partial charge in [-0.2, -0.15) is 5.10 Å². The zero-order chi connectivity index (χ0) is 12.0. The summed E-state index contributed by atoms with van der Waals surface area (Å²) in [7, 11) is 0. The van der Waals surface area contributed by atoms with E-state index in [1.807, 2.05) is 12.3 Å². The average molecular weight is 225 g/mol. The number of hydrogen-bond acceptors (Lipinski definition) is 3. The van der Waals surface area contributed by atoms with Crippen LogP contribution in [-0.4, -0.2) is 32.8 Å². The topological polar surface area (TPSA) is 84.2 Å². The SMILES string of the molecule is CC(NC(=O)CCCn1cccn1)C(=O)O. The van der Waals surface area contributed by atoms with Gasteiger partial charge in [0.05, 0.1) is 0 Å². The Morgan fingerprint density at radius 3 is 2.88 bits per heavy atom. The number of carbonyl (C=O) groups is 2. The molecule has 0 aliphatic carbocycles. The number of aryl methyl sites for hydroxylation is 1. The van der Waals surface area contributed by atoms with Crippen molar-refractivity contribution in [1.82, 2.24) is 15.1 Å². The van der Waals surface area contributed by atoms with Crippen molar-refractivity contribution in [3.63, 3.8) is 0 Å². The zero-order valence-electron chi connectivity index (χ0n) is 9.09. The number of nitrogens with one attached hydrogen (secondary N) is 1. The van der Waals surface area contributed by atoms with Crippen LogP contribution >= 0.6 is 0 Å². The fourth-order valence-corrected chi connectivity index (χ4v) is 1.21. The molecular formula is C10H15N3O3. The first kappa shape index (κ1) is 12.2. The first-order valence-corrected chi connectivity index (χ1v) is 5.09. The summed E-state index contributed by atoms with van der Waals surface area (Å²) in [6.07, 6.45) is 4.43. The van der Waals surface area contributed by atoms with Gasteiger partial charge in [0, 0.05) is 25.4 Å². The first-order chi connectivity index (χ1) is 7.59. The summed E-state index contributed by atoms with van der Waals surface area (Å²) in [6.45, 7) is 2.09. The van der Waals surface area contributed by atoms with Crippen molar-refractivity contribution in [3.8, 4) is 0 Å². The second-order valence-electron chi connectivity index (χ2n) is 3.50. The minimum atomic E-state index is -1.03. The van der Waals surface area contributed by atoms with Crippen LogP contribution in [0.2, 0.25) is 0 Å². The van der Waals surface area contributed by atoms with Crippen molar-refractivity contribution >= 4 is 11.9 Å². The van der Waals surface area contributed by atoms with E-state index >= 15 is 0 Å². The smallest absolute Gasteiger partial charge is 0.325 e. The Bertz CT molecular complexity index is 348. The van der Waals surface area contributed by atoms with Crippen molar-refractivity contribution in [2.45, 2.75) is 32.4 Å². The average Bonchev–Trinajstić information content (AvgIpc) is 2.70. The number of carboxylic acids is 1. The van der Waals surface area contributed by atoms with E-state index < -0.39 is 12.0 Å². The van der Waals surface area contributed by atoms with Gasteiger partial charge >= 0.3 is 5.97 Å². The fraction of sp³-hybridized carbons (Fsp3) is 0.500. The number of aliphatic carboxylic acids is 1. The third kappa shape index (κ3) is 4.12. The molecular weight excluding hydrogens is 210 g/mol. The Hall–Kier alpha value is -1.85. The lowest BCUT2D eigenvalue weighted by molar-refractivity contribution is -0.141. The fourth-order valence-electron chi connectivity index (χ4n) is 1.21. The molecule has 1 rings (SSSR count). The summed E-state index contributed by atoms with van der Waals surface area (Å²) in [5.41, 5.74) is 0. The maximum absolute atomic E-state index is 11.3. The summed E-state index contributed by atoms with van der Waals surface area (Å²) < 4.78 is 1.73. The molecule has 0 fully saturated rings. The summed E-state index contributed by atoms with van der Waals surface area (Å²) in [6, 6.07) is 0.976. The maximum atomic E-state index is 11.3.